The number of anilines is 1. The van der Waals surface area contributed by atoms with Gasteiger partial charge in [0.25, 0.3) is 0 Å². The number of aromatic nitrogens is 2. The van der Waals surface area contributed by atoms with Crippen LogP contribution in [0.15, 0.2) is 35.7 Å². The molecule has 4 nitrogen and oxygen atoms in total. The zero-order chi connectivity index (χ0) is 17.6. The van der Waals surface area contributed by atoms with E-state index in [9.17, 15) is 0 Å². The number of nitrogens with one attached hydrogen (secondary N) is 1. The van der Waals surface area contributed by atoms with Gasteiger partial charge in [0.15, 0.2) is 5.82 Å². The standard InChI is InChI=1S/C19H21ClN4S/c1-24(2)11-4-10-21-19-16-13-14(20)6-8-17(16)22-18(23-19)9-7-15-5-3-12-25-15/h3,5-9,12-13H,4,10-11H2,1-2H3,(H,21,22,23)/b9-7+. The summed E-state index contributed by atoms with van der Waals surface area (Å²) < 4.78 is 0. The first kappa shape index (κ1) is 17.9. The summed E-state index contributed by atoms with van der Waals surface area (Å²) in [4.78, 5) is 12.7. The number of nitrogens with zero attached hydrogens (tertiary/aromatic N) is 3. The Morgan fingerprint density at radius 3 is 2.84 bits per heavy atom. The lowest BCUT2D eigenvalue weighted by Crippen LogP contribution is -2.17. The van der Waals surface area contributed by atoms with E-state index in [2.05, 4.69) is 45.7 Å². The third-order valence-corrected chi connectivity index (χ3v) is 4.76. The minimum atomic E-state index is 0.689. The van der Waals surface area contributed by atoms with Crippen LogP contribution in [0.3, 0.4) is 0 Å². The van der Waals surface area contributed by atoms with Crippen LogP contribution >= 0.6 is 22.9 Å². The Hall–Kier alpha value is -1.95. The summed E-state index contributed by atoms with van der Waals surface area (Å²) in [6.07, 6.45) is 5.03. The molecule has 3 aromatic rings. The maximum absolute atomic E-state index is 6.16. The maximum atomic E-state index is 6.16. The number of halogens is 1. The Kier molecular flexibility index (Phi) is 6.02. The quantitative estimate of drug-likeness (QED) is 0.600. The van der Waals surface area contributed by atoms with Crippen molar-refractivity contribution in [2.75, 3.05) is 32.5 Å². The van der Waals surface area contributed by atoms with Crippen molar-refractivity contribution in [3.8, 4) is 0 Å². The van der Waals surface area contributed by atoms with Gasteiger partial charge in [-0.3, -0.25) is 0 Å². The molecule has 0 aliphatic carbocycles. The average Bonchev–Trinajstić information content (AvgIpc) is 3.10. The largest absolute Gasteiger partial charge is 0.369 e. The number of fused-ring (bicyclic) bond motifs is 1. The first-order chi connectivity index (χ1) is 12.1. The van der Waals surface area contributed by atoms with Crippen molar-refractivity contribution in [1.82, 2.24) is 14.9 Å². The smallest absolute Gasteiger partial charge is 0.155 e. The van der Waals surface area contributed by atoms with Crippen molar-refractivity contribution in [3.63, 3.8) is 0 Å². The molecule has 0 unspecified atom stereocenters. The molecule has 6 heteroatoms. The molecule has 0 fully saturated rings. The molecule has 130 valence electrons. The molecule has 1 N–H and O–H groups in total. The number of thiophene rings is 1. The van der Waals surface area contributed by atoms with E-state index in [1.165, 1.54) is 4.88 Å². The molecule has 0 atom stereocenters. The maximum Gasteiger partial charge on any atom is 0.155 e. The number of hydrogen-bond acceptors (Lipinski definition) is 5. The Morgan fingerprint density at radius 1 is 1.20 bits per heavy atom. The molecule has 25 heavy (non-hydrogen) atoms. The topological polar surface area (TPSA) is 41.0 Å². The molecule has 1 aromatic carbocycles. The SMILES string of the molecule is CN(C)CCCNc1nc(/C=C/c2cccs2)nc2ccc(Cl)cc12. The van der Waals surface area contributed by atoms with Crippen LogP contribution in [-0.2, 0) is 0 Å². The second kappa shape index (κ2) is 8.43. The van der Waals surface area contributed by atoms with Crippen LogP contribution in [0.1, 0.15) is 17.1 Å². The minimum Gasteiger partial charge on any atom is -0.369 e. The van der Waals surface area contributed by atoms with Crippen molar-refractivity contribution >= 4 is 51.8 Å². The highest BCUT2D eigenvalue weighted by Crippen LogP contribution is 2.25. The summed E-state index contributed by atoms with van der Waals surface area (Å²) in [5.74, 6) is 1.52. The number of hydrogen-bond donors (Lipinski definition) is 1. The lowest BCUT2D eigenvalue weighted by atomic mass is 10.2. The van der Waals surface area contributed by atoms with Crippen molar-refractivity contribution < 1.29 is 0 Å². The minimum absolute atomic E-state index is 0.689. The van der Waals surface area contributed by atoms with Crippen molar-refractivity contribution in [2.24, 2.45) is 0 Å². The van der Waals surface area contributed by atoms with Crippen molar-refractivity contribution in [1.29, 1.82) is 0 Å². The Balaban J connectivity index is 1.87. The molecule has 0 amide bonds. The van der Waals surface area contributed by atoms with Gasteiger partial charge >= 0.3 is 0 Å². The van der Waals surface area contributed by atoms with E-state index in [0.29, 0.717) is 10.8 Å². The summed E-state index contributed by atoms with van der Waals surface area (Å²) >= 11 is 7.85. The van der Waals surface area contributed by atoms with Crippen LogP contribution in [0.2, 0.25) is 5.02 Å². The zero-order valence-electron chi connectivity index (χ0n) is 14.4. The monoisotopic (exact) mass is 372 g/mol. The third kappa shape index (κ3) is 5.01. The van der Waals surface area contributed by atoms with E-state index in [-0.39, 0.29) is 0 Å². The van der Waals surface area contributed by atoms with Crippen molar-refractivity contribution in [2.45, 2.75) is 6.42 Å². The average molecular weight is 373 g/mol. The summed E-state index contributed by atoms with van der Waals surface area (Å²) in [6.45, 7) is 1.88. The highest BCUT2D eigenvalue weighted by Gasteiger charge is 2.07. The van der Waals surface area contributed by atoms with Gasteiger partial charge in [0.2, 0.25) is 0 Å². The number of rotatable bonds is 7. The van der Waals surface area contributed by atoms with E-state index in [4.69, 9.17) is 11.6 Å². The van der Waals surface area contributed by atoms with Crippen LogP contribution in [0.4, 0.5) is 5.82 Å². The summed E-state index contributed by atoms with van der Waals surface area (Å²) in [6, 6.07) is 9.82. The van der Waals surface area contributed by atoms with Gasteiger partial charge in [0.05, 0.1) is 5.52 Å². The highest BCUT2D eigenvalue weighted by atomic mass is 35.5. The molecular weight excluding hydrogens is 352 g/mol. The van der Waals surface area contributed by atoms with Crippen LogP contribution in [0.25, 0.3) is 23.1 Å². The van der Waals surface area contributed by atoms with E-state index < -0.39 is 0 Å². The molecule has 0 spiro atoms. The fraction of sp³-hybridized carbons (Fsp3) is 0.263. The van der Waals surface area contributed by atoms with Gasteiger partial charge < -0.3 is 10.2 Å². The van der Waals surface area contributed by atoms with E-state index in [1.54, 1.807) is 11.3 Å². The second-order valence-corrected chi connectivity index (χ2v) is 7.44. The molecule has 0 saturated carbocycles. The summed E-state index contributed by atoms with van der Waals surface area (Å²) in [7, 11) is 4.15. The zero-order valence-corrected chi connectivity index (χ0v) is 15.9. The van der Waals surface area contributed by atoms with Crippen LogP contribution < -0.4 is 5.32 Å². The molecule has 0 aliphatic heterocycles. The molecule has 0 radical (unpaired) electrons. The molecule has 2 heterocycles. The van der Waals surface area contributed by atoms with Gasteiger partial charge in [-0.2, -0.15) is 0 Å². The predicted molar refractivity (Wildman–Crippen MR) is 109 cm³/mol. The molecule has 0 saturated heterocycles. The summed E-state index contributed by atoms with van der Waals surface area (Å²) in [5, 5.41) is 7.13. The number of benzene rings is 1. The Labute approximate surface area is 157 Å². The first-order valence-electron chi connectivity index (χ1n) is 8.19. The highest BCUT2D eigenvalue weighted by molar-refractivity contribution is 7.10. The van der Waals surface area contributed by atoms with Gasteiger partial charge in [-0.1, -0.05) is 17.7 Å². The van der Waals surface area contributed by atoms with Gasteiger partial charge in [0.1, 0.15) is 5.82 Å². The van der Waals surface area contributed by atoms with E-state index in [1.807, 2.05) is 36.4 Å². The van der Waals surface area contributed by atoms with E-state index in [0.717, 1.165) is 36.2 Å². The fourth-order valence-electron chi connectivity index (χ4n) is 2.47. The van der Waals surface area contributed by atoms with Gasteiger partial charge in [-0.05, 0) is 68.9 Å². The Morgan fingerprint density at radius 2 is 2.08 bits per heavy atom. The van der Waals surface area contributed by atoms with Crippen molar-refractivity contribution in [3.05, 3.63) is 51.4 Å². The van der Waals surface area contributed by atoms with Crippen LogP contribution in [-0.4, -0.2) is 42.1 Å². The molecular formula is C19H21ClN4S. The van der Waals surface area contributed by atoms with Gasteiger partial charge in [-0.25, -0.2) is 9.97 Å². The van der Waals surface area contributed by atoms with Crippen LogP contribution in [0.5, 0.6) is 0 Å². The normalized spacial score (nSPS) is 11.7. The molecule has 0 aliphatic rings. The van der Waals surface area contributed by atoms with Crippen LogP contribution in [0, 0.1) is 0 Å². The van der Waals surface area contributed by atoms with Gasteiger partial charge in [-0.15, -0.1) is 11.3 Å². The summed E-state index contributed by atoms with van der Waals surface area (Å²) in [5.41, 5.74) is 0.889. The fourth-order valence-corrected chi connectivity index (χ4v) is 3.26. The molecule has 0 bridgehead atoms. The molecule has 2 aromatic heterocycles. The van der Waals surface area contributed by atoms with Gasteiger partial charge in [0, 0.05) is 21.8 Å². The lowest BCUT2D eigenvalue weighted by molar-refractivity contribution is 0.405. The lowest BCUT2D eigenvalue weighted by Gasteiger charge is -2.12. The Bertz CT molecular complexity index is 859. The first-order valence-corrected chi connectivity index (χ1v) is 9.45. The third-order valence-electron chi connectivity index (χ3n) is 3.69. The van der Waals surface area contributed by atoms with E-state index >= 15 is 0 Å². The molecule has 3 rings (SSSR count). The second-order valence-electron chi connectivity index (χ2n) is 6.02. The predicted octanol–water partition coefficient (Wildman–Crippen LogP) is 4.88.